The standard InChI is InChI=1S/C13H18N2O3/c1-15-7-4-10(8-11(15)17)12(18)14-13(9-16)5-2-3-6-13/h4,7-8,16H,2-3,5-6,9H2,1H3,(H,14,18). The molecule has 1 aliphatic rings. The number of aromatic nitrogens is 1. The fourth-order valence-corrected chi connectivity index (χ4v) is 2.38. The van der Waals surface area contributed by atoms with Gasteiger partial charge in [-0.3, -0.25) is 9.59 Å². The average Bonchev–Trinajstić information content (AvgIpc) is 2.82. The summed E-state index contributed by atoms with van der Waals surface area (Å²) in [5.41, 5.74) is -0.372. The molecule has 0 bridgehead atoms. The van der Waals surface area contributed by atoms with Gasteiger partial charge in [-0.05, 0) is 18.9 Å². The van der Waals surface area contributed by atoms with Crippen LogP contribution in [0, 0.1) is 0 Å². The van der Waals surface area contributed by atoms with Gasteiger partial charge in [-0.1, -0.05) is 12.8 Å². The van der Waals surface area contributed by atoms with Crippen LogP contribution < -0.4 is 10.9 Å². The van der Waals surface area contributed by atoms with Crippen molar-refractivity contribution in [3.8, 4) is 0 Å². The second kappa shape index (κ2) is 4.94. The Bertz CT molecular complexity index is 501. The van der Waals surface area contributed by atoms with Gasteiger partial charge in [-0.25, -0.2) is 0 Å². The molecular formula is C13H18N2O3. The highest BCUT2D eigenvalue weighted by Crippen LogP contribution is 2.29. The molecule has 5 nitrogen and oxygen atoms in total. The van der Waals surface area contributed by atoms with E-state index >= 15 is 0 Å². The van der Waals surface area contributed by atoms with Crippen LogP contribution in [0.3, 0.4) is 0 Å². The molecule has 0 unspecified atom stereocenters. The zero-order valence-electron chi connectivity index (χ0n) is 10.5. The summed E-state index contributed by atoms with van der Waals surface area (Å²) < 4.78 is 1.41. The second-order valence-corrected chi connectivity index (χ2v) is 4.96. The number of rotatable bonds is 3. The Morgan fingerprint density at radius 3 is 2.72 bits per heavy atom. The van der Waals surface area contributed by atoms with Crippen molar-refractivity contribution in [3.63, 3.8) is 0 Å². The molecule has 0 atom stereocenters. The maximum absolute atomic E-state index is 12.1. The molecule has 1 aromatic rings. The Kier molecular flexibility index (Phi) is 3.52. The van der Waals surface area contributed by atoms with Gasteiger partial charge in [-0.15, -0.1) is 0 Å². The van der Waals surface area contributed by atoms with Crippen molar-refractivity contribution in [3.05, 3.63) is 34.2 Å². The van der Waals surface area contributed by atoms with Crippen molar-refractivity contribution >= 4 is 5.91 Å². The van der Waals surface area contributed by atoms with E-state index in [9.17, 15) is 14.7 Å². The number of hydrogen-bond acceptors (Lipinski definition) is 3. The first-order valence-electron chi connectivity index (χ1n) is 6.16. The third kappa shape index (κ3) is 2.46. The van der Waals surface area contributed by atoms with Crippen LogP contribution in [0.5, 0.6) is 0 Å². The van der Waals surface area contributed by atoms with E-state index in [1.165, 1.54) is 10.6 Å². The van der Waals surface area contributed by atoms with Gasteiger partial charge in [0.25, 0.3) is 11.5 Å². The Hall–Kier alpha value is -1.62. The van der Waals surface area contributed by atoms with E-state index < -0.39 is 5.54 Å². The van der Waals surface area contributed by atoms with E-state index in [2.05, 4.69) is 5.32 Å². The fraction of sp³-hybridized carbons (Fsp3) is 0.538. The SMILES string of the molecule is Cn1ccc(C(=O)NC2(CO)CCCC2)cc1=O. The Morgan fingerprint density at radius 1 is 1.50 bits per heavy atom. The molecule has 1 fully saturated rings. The first-order chi connectivity index (χ1) is 8.56. The molecule has 0 aromatic carbocycles. The molecule has 0 radical (unpaired) electrons. The molecule has 0 saturated heterocycles. The zero-order chi connectivity index (χ0) is 13.2. The molecule has 2 rings (SSSR count). The highest BCUT2D eigenvalue weighted by molar-refractivity contribution is 5.94. The molecule has 98 valence electrons. The minimum atomic E-state index is -0.502. The molecule has 1 saturated carbocycles. The monoisotopic (exact) mass is 250 g/mol. The molecule has 1 heterocycles. The van der Waals surface area contributed by atoms with E-state index in [1.54, 1.807) is 19.3 Å². The smallest absolute Gasteiger partial charge is 0.252 e. The first-order valence-corrected chi connectivity index (χ1v) is 6.16. The third-order valence-corrected chi connectivity index (χ3v) is 3.61. The number of nitrogens with one attached hydrogen (secondary N) is 1. The number of carbonyl (C=O) groups excluding carboxylic acids is 1. The van der Waals surface area contributed by atoms with Crippen LogP contribution in [0.2, 0.25) is 0 Å². The van der Waals surface area contributed by atoms with Crippen LogP contribution in [-0.4, -0.2) is 27.7 Å². The van der Waals surface area contributed by atoms with Crippen LogP contribution in [0.15, 0.2) is 23.1 Å². The maximum Gasteiger partial charge on any atom is 0.252 e. The van der Waals surface area contributed by atoms with Gasteiger partial charge >= 0.3 is 0 Å². The summed E-state index contributed by atoms with van der Waals surface area (Å²) in [6.07, 6.45) is 5.17. The lowest BCUT2D eigenvalue weighted by atomic mass is 9.98. The topological polar surface area (TPSA) is 71.3 Å². The van der Waals surface area contributed by atoms with Gasteiger partial charge in [0.1, 0.15) is 0 Å². The van der Waals surface area contributed by atoms with E-state index in [4.69, 9.17) is 0 Å². The molecule has 1 aromatic heterocycles. The van der Waals surface area contributed by atoms with Gasteiger partial charge in [0, 0.05) is 24.9 Å². The van der Waals surface area contributed by atoms with Crippen molar-refractivity contribution in [1.29, 1.82) is 0 Å². The summed E-state index contributed by atoms with van der Waals surface area (Å²) in [7, 11) is 1.64. The minimum absolute atomic E-state index is 0.0520. The number of nitrogens with zero attached hydrogens (tertiary/aromatic N) is 1. The lowest BCUT2D eigenvalue weighted by molar-refractivity contribution is 0.0838. The molecule has 5 heteroatoms. The summed E-state index contributed by atoms with van der Waals surface area (Å²) in [4.78, 5) is 23.5. The number of carbonyl (C=O) groups is 1. The van der Waals surface area contributed by atoms with E-state index in [0.29, 0.717) is 5.56 Å². The number of pyridine rings is 1. The van der Waals surface area contributed by atoms with Crippen LogP contribution in [0.25, 0.3) is 0 Å². The summed E-state index contributed by atoms with van der Waals surface area (Å²) >= 11 is 0. The number of aryl methyl sites for hydroxylation is 1. The van der Waals surface area contributed by atoms with Crippen LogP contribution >= 0.6 is 0 Å². The second-order valence-electron chi connectivity index (χ2n) is 4.96. The lowest BCUT2D eigenvalue weighted by Crippen LogP contribution is -2.49. The molecule has 2 N–H and O–H groups in total. The van der Waals surface area contributed by atoms with Crippen molar-refractivity contribution in [2.45, 2.75) is 31.2 Å². The highest BCUT2D eigenvalue weighted by atomic mass is 16.3. The van der Waals surface area contributed by atoms with Crippen LogP contribution in [0.4, 0.5) is 0 Å². The maximum atomic E-state index is 12.1. The van der Waals surface area contributed by atoms with Crippen molar-refractivity contribution in [2.75, 3.05) is 6.61 Å². The summed E-state index contributed by atoms with van der Waals surface area (Å²) in [5, 5.41) is 12.3. The molecule has 0 spiro atoms. The number of hydrogen-bond donors (Lipinski definition) is 2. The number of aliphatic hydroxyl groups excluding tert-OH is 1. The van der Waals surface area contributed by atoms with Gasteiger partial charge in [0.15, 0.2) is 0 Å². The Morgan fingerprint density at radius 2 is 2.17 bits per heavy atom. The summed E-state index contributed by atoms with van der Waals surface area (Å²) in [5.74, 6) is -0.288. The van der Waals surface area contributed by atoms with Crippen LogP contribution in [-0.2, 0) is 7.05 Å². The molecule has 18 heavy (non-hydrogen) atoms. The fourth-order valence-electron chi connectivity index (χ4n) is 2.38. The molecule has 0 aliphatic heterocycles. The van der Waals surface area contributed by atoms with Crippen molar-refractivity contribution < 1.29 is 9.90 Å². The largest absolute Gasteiger partial charge is 0.394 e. The van der Waals surface area contributed by atoms with Gasteiger partial charge in [0.05, 0.1) is 12.1 Å². The van der Waals surface area contributed by atoms with E-state index in [0.717, 1.165) is 25.7 Å². The lowest BCUT2D eigenvalue weighted by Gasteiger charge is -2.27. The normalized spacial score (nSPS) is 17.7. The summed E-state index contributed by atoms with van der Waals surface area (Å²) in [6, 6.07) is 2.92. The van der Waals surface area contributed by atoms with Crippen molar-refractivity contribution in [1.82, 2.24) is 9.88 Å². The minimum Gasteiger partial charge on any atom is -0.394 e. The highest BCUT2D eigenvalue weighted by Gasteiger charge is 2.34. The van der Waals surface area contributed by atoms with E-state index in [-0.39, 0.29) is 18.1 Å². The molecule has 1 aliphatic carbocycles. The predicted octanol–water partition coefficient (Wildman–Crippen LogP) is 0.420. The Labute approximate surface area is 105 Å². The predicted molar refractivity (Wildman–Crippen MR) is 67.4 cm³/mol. The molecular weight excluding hydrogens is 232 g/mol. The van der Waals surface area contributed by atoms with Gasteiger partial charge in [-0.2, -0.15) is 0 Å². The van der Waals surface area contributed by atoms with Crippen LogP contribution in [0.1, 0.15) is 36.0 Å². The quantitative estimate of drug-likeness (QED) is 0.816. The zero-order valence-corrected chi connectivity index (χ0v) is 10.5. The average molecular weight is 250 g/mol. The third-order valence-electron chi connectivity index (χ3n) is 3.61. The Balaban J connectivity index is 2.16. The number of aliphatic hydroxyl groups is 1. The number of amides is 1. The van der Waals surface area contributed by atoms with E-state index in [1.807, 2.05) is 0 Å². The first kappa shape index (κ1) is 12.8. The van der Waals surface area contributed by atoms with Crippen molar-refractivity contribution in [2.24, 2.45) is 7.05 Å². The van der Waals surface area contributed by atoms with Gasteiger partial charge in [0.2, 0.25) is 0 Å². The molecule has 1 amide bonds. The summed E-state index contributed by atoms with van der Waals surface area (Å²) in [6.45, 7) is -0.0520. The van der Waals surface area contributed by atoms with Gasteiger partial charge < -0.3 is 15.0 Å².